The van der Waals surface area contributed by atoms with Gasteiger partial charge in [0, 0.05) is 12.6 Å². The van der Waals surface area contributed by atoms with Crippen LogP contribution in [0.1, 0.15) is 52.9 Å². The fourth-order valence-corrected chi connectivity index (χ4v) is 4.18. The summed E-state index contributed by atoms with van der Waals surface area (Å²) in [6, 6.07) is 0.862. The number of nitrogens with one attached hydrogen (secondary N) is 1. The van der Waals surface area contributed by atoms with Crippen molar-refractivity contribution in [3.63, 3.8) is 0 Å². The Morgan fingerprint density at radius 2 is 1.83 bits per heavy atom. The standard InChI is InChI=1S/C16H32N2/c1-16(2,3)14-7-5-6-8-15(14)18-10-9-13(12-18)11-17-4/h13-15,17H,5-12H2,1-4H3. The maximum atomic E-state index is 3.35. The number of hydrogen-bond acceptors (Lipinski definition) is 2. The van der Waals surface area contributed by atoms with Gasteiger partial charge >= 0.3 is 0 Å². The quantitative estimate of drug-likeness (QED) is 0.830. The highest BCUT2D eigenvalue weighted by atomic mass is 15.2. The van der Waals surface area contributed by atoms with Gasteiger partial charge in [-0.1, -0.05) is 33.6 Å². The number of nitrogens with zero attached hydrogens (tertiary/aromatic N) is 1. The maximum absolute atomic E-state index is 3.35. The van der Waals surface area contributed by atoms with Crippen molar-refractivity contribution in [2.45, 2.75) is 58.9 Å². The molecule has 0 aromatic heterocycles. The van der Waals surface area contributed by atoms with E-state index in [0.29, 0.717) is 5.41 Å². The summed E-state index contributed by atoms with van der Waals surface area (Å²) < 4.78 is 0. The van der Waals surface area contributed by atoms with Gasteiger partial charge in [0.25, 0.3) is 0 Å². The molecule has 18 heavy (non-hydrogen) atoms. The van der Waals surface area contributed by atoms with E-state index in [1.165, 1.54) is 51.7 Å². The van der Waals surface area contributed by atoms with Gasteiger partial charge in [0.1, 0.15) is 0 Å². The second kappa shape index (κ2) is 5.92. The maximum Gasteiger partial charge on any atom is 0.0129 e. The Hall–Kier alpha value is -0.0800. The molecule has 1 aliphatic carbocycles. The van der Waals surface area contributed by atoms with Gasteiger partial charge in [0.05, 0.1) is 0 Å². The highest BCUT2D eigenvalue weighted by Gasteiger charge is 2.39. The van der Waals surface area contributed by atoms with Crippen LogP contribution < -0.4 is 5.32 Å². The molecule has 1 aliphatic heterocycles. The second-order valence-electron chi connectivity index (χ2n) is 7.53. The molecule has 0 radical (unpaired) electrons. The molecule has 2 nitrogen and oxygen atoms in total. The predicted molar refractivity (Wildman–Crippen MR) is 78.8 cm³/mol. The first-order chi connectivity index (χ1) is 8.52. The minimum Gasteiger partial charge on any atom is -0.319 e. The topological polar surface area (TPSA) is 15.3 Å². The second-order valence-corrected chi connectivity index (χ2v) is 7.53. The molecular weight excluding hydrogens is 220 g/mol. The molecule has 2 heteroatoms. The molecule has 1 N–H and O–H groups in total. The molecule has 2 aliphatic rings. The largest absolute Gasteiger partial charge is 0.319 e. The fourth-order valence-electron chi connectivity index (χ4n) is 4.18. The highest BCUT2D eigenvalue weighted by Crippen LogP contribution is 2.41. The number of likely N-dealkylation sites (tertiary alicyclic amines) is 1. The average Bonchev–Trinajstić information content (AvgIpc) is 2.77. The summed E-state index contributed by atoms with van der Waals surface area (Å²) in [5.74, 6) is 1.79. The van der Waals surface area contributed by atoms with Crippen LogP contribution >= 0.6 is 0 Å². The van der Waals surface area contributed by atoms with E-state index in [0.717, 1.165) is 17.9 Å². The molecule has 3 atom stereocenters. The Morgan fingerprint density at radius 3 is 2.50 bits per heavy atom. The predicted octanol–water partition coefficient (Wildman–Crippen LogP) is 3.13. The SMILES string of the molecule is CNCC1CCN(C2CCCCC2C(C)(C)C)C1. The van der Waals surface area contributed by atoms with Crippen LogP contribution in [0.25, 0.3) is 0 Å². The first-order valence-corrected chi connectivity index (χ1v) is 7.91. The third-order valence-electron chi connectivity index (χ3n) is 5.12. The summed E-state index contributed by atoms with van der Waals surface area (Å²) in [4.78, 5) is 2.82. The zero-order valence-corrected chi connectivity index (χ0v) is 12.8. The van der Waals surface area contributed by atoms with Crippen molar-refractivity contribution in [3.8, 4) is 0 Å². The van der Waals surface area contributed by atoms with Gasteiger partial charge in [-0.15, -0.1) is 0 Å². The molecule has 1 heterocycles. The van der Waals surface area contributed by atoms with Crippen LogP contribution in [-0.4, -0.2) is 37.6 Å². The fraction of sp³-hybridized carbons (Fsp3) is 1.00. The molecule has 1 saturated carbocycles. The third kappa shape index (κ3) is 3.27. The van der Waals surface area contributed by atoms with E-state index in [1.54, 1.807) is 0 Å². The molecule has 0 amide bonds. The van der Waals surface area contributed by atoms with Gasteiger partial charge in [0.15, 0.2) is 0 Å². The lowest BCUT2D eigenvalue weighted by Crippen LogP contribution is -2.46. The Bertz CT molecular complexity index is 256. The molecule has 0 bridgehead atoms. The van der Waals surface area contributed by atoms with Crippen LogP contribution in [-0.2, 0) is 0 Å². The lowest BCUT2D eigenvalue weighted by molar-refractivity contribution is 0.0535. The summed E-state index contributed by atoms with van der Waals surface area (Å²) in [7, 11) is 2.08. The minimum atomic E-state index is 0.478. The minimum absolute atomic E-state index is 0.478. The van der Waals surface area contributed by atoms with E-state index in [1.807, 2.05) is 0 Å². The zero-order valence-electron chi connectivity index (χ0n) is 12.8. The summed E-state index contributed by atoms with van der Waals surface area (Å²) in [6.45, 7) is 11.2. The van der Waals surface area contributed by atoms with Crippen LogP contribution in [0.2, 0.25) is 0 Å². The Labute approximate surface area is 114 Å². The van der Waals surface area contributed by atoms with Crippen molar-refractivity contribution in [1.29, 1.82) is 0 Å². The van der Waals surface area contributed by atoms with Crippen LogP contribution in [0, 0.1) is 17.3 Å². The monoisotopic (exact) mass is 252 g/mol. The molecule has 0 aromatic carbocycles. The van der Waals surface area contributed by atoms with Gasteiger partial charge in [-0.2, -0.15) is 0 Å². The highest BCUT2D eigenvalue weighted by molar-refractivity contribution is 4.92. The van der Waals surface area contributed by atoms with Crippen molar-refractivity contribution in [1.82, 2.24) is 10.2 Å². The van der Waals surface area contributed by atoms with Gasteiger partial charge in [-0.25, -0.2) is 0 Å². The van der Waals surface area contributed by atoms with Crippen molar-refractivity contribution >= 4 is 0 Å². The smallest absolute Gasteiger partial charge is 0.0129 e. The summed E-state index contributed by atoms with van der Waals surface area (Å²) >= 11 is 0. The van der Waals surface area contributed by atoms with Crippen molar-refractivity contribution in [2.24, 2.45) is 17.3 Å². The van der Waals surface area contributed by atoms with E-state index in [-0.39, 0.29) is 0 Å². The van der Waals surface area contributed by atoms with E-state index in [2.05, 4.69) is 38.0 Å². The summed E-state index contributed by atoms with van der Waals surface area (Å²) in [6.07, 6.45) is 7.18. The molecular formula is C16H32N2. The van der Waals surface area contributed by atoms with Gasteiger partial charge in [-0.3, -0.25) is 4.90 Å². The lowest BCUT2D eigenvalue weighted by Gasteiger charge is -2.44. The van der Waals surface area contributed by atoms with E-state index < -0.39 is 0 Å². The van der Waals surface area contributed by atoms with Crippen LogP contribution in [0.4, 0.5) is 0 Å². The molecule has 0 spiro atoms. The summed E-state index contributed by atoms with van der Waals surface area (Å²) in [5.41, 5.74) is 0.478. The first kappa shape index (κ1) is 14.3. The van der Waals surface area contributed by atoms with E-state index >= 15 is 0 Å². The molecule has 1 saturated heterocycles. The number of hydrogen-bond donors (Lipinski definition) is 1. The van der Waals surface area contributed by atoms with E-state index in [9.17, 15) is 0 Å². The normalized spacial score (nSPS) is 35.0. The lowest BCUT2D eigenvalue weighted by atomic mass is 9.69. The molecule has 2 rings (SSSR count). The molecule has 0 aromatic rings. The van der Waals surface area contributed by atoms with Gasteiger partial charge in [0.2, 0.25) is 0 Å². The third-order valence-corrected chi connectivity index (χ3v) is 5.12. The van der Waals surface area contributed by atoms with Crippen LogP contribution in [0.15, 0.2) is 0 Å². The summed E-state index contributed by atoms with van der Waals surface area (Å²) in [5, 5.41) is 3.35. The van der Waals surface area contributed by atoms with Crippen LogP contribution in [0.5, 0.6) is 0 Å². The first-order valence-electron chi connectivity index (χ1n) is 7.91. The Balaban J connectivity index is 1.97. The van der Waals surface area contributed by atoms with Gasteiger partial charge in [-0.05, 0) is 56.7 Å². The number of rotatable bonds is 3. The average molecular weight is 252 g/mol. The van der Waals surface area contributed by atoms with Crippen molar-refractivity contribution in [3.05, 3.63) is 0 Å². The van der Waals surface area contributed by atoms with Crippen molar-refractivity contribution < 1.29 is 0 Å². The van der Waals surface area contributed by atoms with Crippen molar-refractivity contribution in [2.75, 3.05) is 26.7 Å². The molecule has 2 fully saturated rings. The van der Waals surface area contributed by atoms with E-state index in [4.69, 9.17) is 0 Å². The van der Waals surface area contributed by atoms with Gasteiger partial charge < -0.3 is 5.32 Å². The van der Waals surface area contributed by atoms with Crippen LogP contribution in [0.3, 0.4) is 0 Å². The zero-order chi connectivity index (χ0) is 13.2. The molecule has 106 valence electrons. The Morgan fingerprint density at radius 1 is 1.11 bits per heavy atom. The molecule has 3 unspecified atom stereocenters. The Kier molecular flexibility index (Phi) is 4.71.